The van der Waals surface area contributed by atoms with Gasteiger partial charge in [0.1, 0.15) is 0 Å². The summed E-state index contributed by atoms with van der Waals surface area (Å²) in [4.78, 5) is 0. The van der Waals surface area contributed by atoms with E-state index in [9.17, 15) is 0 Å². The molecule has 0 nitrogen and oxygen atoms in total. The zero-order valence-electron chi connectivity index (χ0n) is 10.4. The topological polar surface area (TPSA) is 0 Å². The number of rotatable bonds is 4. The normalized spacial score (nSPS) is 18.1. The van der Waals surface area contributed by atoms with E-state index in [0.717, 1.165) is 0 Å². The van der Waals surface area contributed by atoms with Crippen molar-refractivity contribution >= 4 is 17.8 Å². The van der Waals surface area contributed by atoms with Gasteiger partial charge in [0, 0.05) is 5.75 Å². The number of hydrogen-bond acceptors (Lipinski definition) is 1. The second kappa shape index (κ2) is 6.70. The van der Waals surface area contributed by atoms with Crippen LogP contribution < -0.4 is 0 Å². The Hall–Kier alpha value is -0.950. The van der Waals surface area contributed by atoms with Gasteiger partial charge in [0.05, 0.1) is 0 Å². The van der Waals surface area contributed by atoms with Crippen molar-refractivity contribution in [3.05, 3.63) is 53.6 Å². The minimum absolute atomic E-state index is 0.635. The molecule has 0 radical (unpaired) electrons. The van der Waals surface area contributed by atoms with Gasteiger partial charge in [0.2, 0.25) is 0 Å². The Balaban J connectivity index is 2.04. The molecule has 0 saturated carbocycles. The number of benzene rings is 1. The van der Waals surface area contributed by atoms with E-state index in [2.05, 4.69) is 55.5 Å². The summed E-state index contributed by atoms with van der Waals surface area (Å²) in [6.07, 6.45) is 9.54. The zero-order valence-corrected chi connectivity index (χ0v) is 11.2. The molecule has 0 aliphatic carbocycles. The Morgan fingerprint density at radius 2 is 2.12 bits per heavy atom. The third-order valence-electron chi connectivity index (χ3n) is 3.24. The SMILES string of the molecule is CC[C@H](/C=C/c1ccccc1)C1=CCSCC1. The molecular weight excluding hydrogens is 224 g/mol. The predicted octanol–water partition coefficient (Wildman–Crippen LogP) is 4.79. The van der Waals surface area contributed by atoms with Crippen LogP contribution in [0.15, 0.2) is 48.1 Å². The van der Waals surface area contributed by atoms with Gasteiger partial charge in [0.25, 0.3) is 0 Å². The highest BCUT2D eigenvalue weighted by Crippen LogP contribution is 2.27. The van der Waals surface area contributed by atoms with Crippen LogP contribution in [-0.4, -0.2) is 11.5 Å². The molecular formula is C16H20S. The van der Waals surface area contributed by atoms with Gasteiger partial charge in [-0.1, -0.05) is 61.1 Å². The number of allylic oxidation sites excluding steroid dienone is 2. The van der Waals surface area contributed by atoms with Crippen molar-refractivity contribution in [1.29, 1.82) is 0 Å². The van der Waals surface area contributed by atoms with Gasteiger partial charge in [-0.05, 0) is 30.1 Å². The van der Waals surface area contributed by atoms with E-state index in [0.29, 0.717) is 5.92 Å². The molecule has 0 aromatic heterocycles. The first-order chi connectivity index (χ1) is 8.40. The highest BCUT2D eigenvalue weighted by molar-refractivity contribution is 7.99. The van der Waals surface area contributed by atoms with Crippen LogP contribution in [0.2, 0.25) is 0 Å². The van der Waals surface area contributed by atoms with Crippen molar-refractivity contribution in [2.24, 2.45) is 5.92 Å². The monoisotopic (exact) mass is 244 g/mol. The lowest BCUT2D eigenvalue weighted by Gasteiger charge is -2.19. The lowest BCUT2D eigenvalue weighted by molar-refractivity contribution is 0.700. The fourth-order valence-corrected chi connectivity index (χ4v) is 3.07. The van der Waals surface area contributed by atoms with E-state index in [1.54, 1.807) is 5.57 Å². The van der Waals surface area contributed by atoms with Gasteiger partial charge in [-0.15, -0.1) is 0 Å². The Kier molecular flexibility index (Phi) is 4.93. The smallest absolute Gasteiger partial charge is 0.0116 e. The molecule has 1 aromatic carbocycles. The van der Waals surface area contributed by atoms with E-state index in [1.165, 1.54) is 29.9 Å². The second-order valence-electron chi connectivity index (χ2n) is 4.39. The van der Waals surface area contributed by atoms with Crippen molar-refractivity contribution in [3.63, 3.8) is 0 Å². The third-order valence-corrected chi connectivity index (χ3v) is 4.13. The van der Waals surface area contributed by atoms with Gasteiger partial charge in [-0.2, -0.15) is 11.8 Å². The van der Waals surface area contributed by atoms with Crippen LogP contribution in [0.25, 0.3) is 6.08 Å². The quantitative estimate of drug-likeness (QED) is 0.686. The molecule has 1 aliphatic heterocycles. The molecule has 1 atom stereocenters. The van der Waals surface area contributed by atoms with E-state index in [-0.39, 0.29) is 0 Å². The molecule has 0 unspecified atom stereocenters. The van der Waals surface area contributed by atoms with E-state index in [4.69, 9.17) is 0 Å². The summed E-state index contributed by atoms with van der Waals surface area (Å²) in [5.74, 6) is 3.13. The second-order valence-corrected chi connectivity index (χ2v) is 5.54. The van der Waals surface area contributed by atoms with Crippen LogP contribution in [0.3, 0.4) is 0 Å². The first kappa shape index (κ1) is 12.5. The molecule has 1 heterocycles. The maximum absolute atomic E-state index is 2.43. The summed E-state index contributed by atoms with van der Waals surface area (Å²) in [6, 6.07) is 10.6. The van der Waals surface area contributed by atoms with Crippen LogP contribution in [0.4, 0.5) is 0 Å². The van der Waals surface area contributed by atoms with Crippen LogP contribution >= 0.6 is 11.8 Å². The minimum Gasteiger partial charge on any atom is -0.158 e. The summed E-state index contributed by atoms with van der Waals surface area (Å²) in [6.45, 7) is 2.28. The molecule has 0 fully saturated rings. The molecule has 0 spiro atoms. The molecule has 1 aliphatic rings. The molecule has 2 rings (SSSR count). The summed E-state index contributed by atoms with van der Waals surface area (Å²) in [7, 11) is 0. The molecule has 0 saturated heterocycles. The maximum Gasteiger partial charge on any atom is 0.0116 e. The zero-order chi connectivity index (χ0) is 11.9. The van der Waals surface area contributed by atoms with Crippen LogP contribution in [0.1, 0.15) is 25.3 Å². The summed E-state index contributed by atoms with van der Waals surface area (Å²) >= 11 is 2.04. The van der Waals surface area contributed by atoms with Gasteiger partial charge in [-0.3, -0.25) is 0 Å². The predicted molar refractivity (Wildman–Crippen MR) is 79.3 cm³/mol. The first-order valence-corrected chi connectivity index (χ1v) is 7.55. The van der Waals surface area contributed by atoms with Crippen molar-refractivity contribution in [2.75, 3.05) is 11.5 Å². The number of thioether (sulfide) groups is 1. The molecule has 17 heavy (non-hydrogen) atoms. The Labute approximate surface area is 109 Å². The van der Waals surface area contributed by atoms with Crippen LogP contribution in [0, 0.1) is 5.92 Å². The van der Waals surface area contributed by atoms with Crippen molar-refractivity contribution in [1.82, 2.24) is 0 Å². The average Bonchev–Trinajstić information content (AvgIpc) is 2.42. The Morgan fingerprint density at radius 3 is 2.76 bits per heavy atom. The molecule has 0 amide bonds. The number of hydrogen-bond donors (Lipinski definition) is 0. The molecule has 1 aromatic rings. The summed E-state index contributed by atoms with van der Waals surface area (Å²) in [5.41, 5.74) is 2.94. The van der Waals surface area contributed by atoms with Crippen LogP contribution in [0.5, 0.6) is 0 Å². The van der Waals surface area contributed by atoms with Crippen LogP contribution in [-0.2, 0) is 0 Å². The van der Waals surface area contributed by atoms with Crippen molar-refractivity contribution < 1.29 is 0 Å². The lowest BCUT2D eigenvalue weighted by Crippen LogP contribution is -2.05. The van der Waals surface area contributed by atoms with Gasteiger partial charge < -0.3 is 0 Å². The van der Waals surface area contributed by atoms with Gasteiger partial charge in [0.15, 0.2) is 0 Å². The molecule has 90 valence electrons. The average molecular weight is 244 g/mol. The van der Waals surface area contributed by atoms with E-state index in [1.807, 2.05) is 11.8 Å². The summed E-state index contributed by atoms with van der Waals surface area (Å²) < 4.78 is 0. The minimum atomic E-state index is 0.635. The Morgan fingerprint density at radius 1 is 1.29 bits per heavy atom. The molecule has 1 heteroatoms. The Bertz CT molecular complexity index is 389. The third kappa shape index (κ3) is 3.78. The van der Waals surface area contributed by atoms with Crippen molar-refractivity contribution in [2.45, 2.75) is 19.8 Å². The van der Waals surface area contributed by atoms with E-state index < -0.39 is 0 Å². The molecule has 0 N–H and O–H groups in total. The highest BCUT2D eigenvalue weighted by atomic mass is 32.2. The highest BCUT2D eigenvalue weighted by Gasteiger charge is 2.11. The fourth-order valence-electron chi connectivity index (χ4n) is 2.19. The van der Waals surface area contributed by atoms with Gasteiger partial charge in [-0.25, -0.2) is 0 Å². The summed E-state index contributed by atoms with van der Waals surface area (Å²) in [5, 5.41) is 0. The first-order valence-electron chi connectivity index (χ1n) is 6.40. The van der Waals surface area contributed by atoms with E-state index >= 15 is 0 Å². The molecule has 0 bridgehead atoms. The fraction of sp³-hybridized carbons (Fsp3) is 0.375. The maximum atomic E-state index is 2.43. The lowest BCUT2D eigenvalue weighted by atomic mass is 9.93. The van der Waals surface area contributed by atoms with Crippen molar-refractivity contribution in [3.8, 4) is 0 Å². The standard InChI is InChI=1S/C16H20S/c1-2-15(16-10-12-17-13-11-16)9-8-14-6-4-3-5-7-14/h3-10,15H,2,11-13H2,1H3/b9-8+/t15-/m1/s1. The largest absolute Gasteiger partial charge is 0.158 e. The van der Waals surface area contributed by atoms with Gasteiger partial charge >= 0.3 is 0 Å².